The van der Waals surface area contributed by atoms with Gasteiger partial charge in [0.2, 0.25) is 11.4 Å². The molecule has 0 N–H and O–H groups in total. The SMILES string of the molecule is COC(=O)C1=C(OC)C=C(N(Cc2ccccc2)Cc2ccccc2)C(OC(=O)c2ccccc2)(c2ccc(Cl)cc2)C1=O. The summed E-state index contributed by atoms with van der Waals surface area (Å²) in [6, 6.07) is 34.2. The van der Waals surface area contributed by atoms with Crippen molar-refractivity contribution >= 4 is 29.3 Å². The molecule has 0 bridgehead atoms. The minimum absolute atomic E-state index is 0.0108. The number of hydrogen-bond donors (Lipinski definition) is 0. The fourth-order valence-electron chi connectivity index (χ4n) is 5.20. The Balaban J connectivity index is 1.80. The van der Waals surface area contributed by atoms with Crippen LogP contribution in [0.3, 0.4) is 0 Å². The van der Waals surface area contributed by atoms with E-state index >= 15 is 0 Å². The fourth-order valence-corrected chi connectivity index (χ4v) is 5.33. The predicted octanol–water partition coefficient (Wildman–Crippen LogP) is 6.63. The van der Waals surface area contributed by atoms with Gasteiger partial charge in [0, 0.05) is 29.8 Å². The lowest BCUT2D eigenvalue weighted by molar-refractivity contribution is -0.143. The summed E-state index contributed by atoms with van der Waals surface area (Å²) in [7, 11) is 2.54. The van der Waals surface area contributed by atoms with Crippen LogP contribution in [0.25, 0.3) is 0 Å². The van der Waals surface area contributed by atoms with E-state index < -0.39 is 23.3 Å². The molecule has 0 spiro atoms. The Labute approximate surface area is 260 Å². The molecule has 4 aromatic rings. The predicted molar refractivity (Wildman–Crippen MR) is 166 cm³/mol. The maximum atomic E-state index is 14.9. The van der Waals surface area contributed by atoms with Crippen LogP contribution in [-0.4, -0.2) is 36.8 Å². The fraction of sp³-hybridized carbons (Fsp3) is 0.139. The summed E-state index contributed by atoms with van der Waals surface area (Å²) in [6.07, 6.45) is 1.58. The minimum Gasteiger partial charge on any atom is -0.496 e. The molecule has 0 saturated carbocycles. The van der Waals surface area contributed by atoms with Crippen molar-refractivity contribution in [1.29, 1.82) is 0 Å². The largest absolute Gasteiger partial charge is 0.496 e. The molecule has 1 aliphatic rings. The molecular weight excluding hydrogens is 578 g/mol. The van der Waals surface area contributed by atoms with Gasteiger partial charge in [-0.15, -0.1) is 0 Å². The van der Waals surface area contributed by atoms with Crippen LogP contribution in [0.1, 0.15) is 27.0 Å². The minimum atomic E-state index is -2.12. The third-order valence-corrected chi connectivity index (χ3v) is 7.56. The van der Waals surface area contributed by atoms with E-state index in [-0.39, 0.29) is 16.9 Å². The smallest absolute Gasteiger partial charge is 0.345 e. The molecule has 0 saturated heterocycles. The number of ketones is 1. The van der Waals surface area contributed by atoms with E-state index in [1.165, 1.54) is 14.2 Å². The maximum absolute atomic E-state index is 14.9. The van der Waals surface area contributed by atoms with Crippen LogP contribution >= 0.6 is 11.6 Å². The zero-order chi connectivity index (χ0) is 31.1. The van der Waals surface area contributed by atoms with Crippen molar-refractivity contribution in [1.82, 2.24) is 4.90 Å². The number of allylic oxidation sites excluding steroid dienone is 1. The molecule has 222 valence electrons. The number of carbonyl (C=O) groups is 3. The zero-order valence-corrected chi connectivity index (χ0v) is 25.0. The number of hydrogen-bond acceptors (Lipinski definition) is 7. The van der Waals surface area contributed by atoms with Gasteiger partial charge < -0.3 is 19.1 Å². The topological polar surface area (TPSA) is 82.1 Å². The Morgan fingerprint density at radius 2 is 1.25 bits per heavy atom. The highest BCUT2D eigenvalue weighted by Crippen LogP contribution is 2.45. The van der Waals surface area contributed by atoms with Crippen molar-refractivity contribution in [2.45, 2.75) is 18.7 Å². The van der Waals surface area contributed by atoms with E-state index in [0.717, 1.165) is 11.1 Å². The number of Topliss-reactive ketones (excluding diaryl/α,β-unsaturated/α-hetero) is 1. The molecule has 0 aliphatic heterocycles. The summed E-state index contributed by atoms with van der Waals surface area (Å²) in [5.74, 6) is -2.50. The first-order valence-corrected chi connectivity index (χ1v) is 14.3. The van der Waals surface area contributed by atoms with Gasteiger partial charge in [0.05, 0.1) is 25.5 Å². The Hall–Kier alpha value is -5.14. The summed E-state index contributed by atoms with van der Waals surface area (Å²) in [4.78, 5) is 43.8. The van der Waals surface area contributed by atoms with Crippen molar-refractivity contribution in [3.05, 3.63) is 166 Å². The highest BCUT2D eigenvalue weighted by molar-refractivity contribution is 6.30. The monoisotopic (exact) mass is 607 g/mol. The molecule has 4 aromatic carbocycles. The van der Waals surface area contributed by atoms with Gasteiger partial charge in [0.25, 0.3) is 0 Å². The first-order chi connectivity index (χ1) is 21.4. The van der Waals surface area contributed by atoms with Crippen LogP contribution in [0.4, 0.5) is 0 Å². The lowest BCUT2D eigenvalue weighted by Crippen LogP contribution is -2.51. The third kappa shape index (κ3) is 6.14. The molecule has 0 fully saturated rings. The lowest BCUT2D eigenvalue weighted by Gasteiger charge is -2.42. The quantitative estimate of drug-likeness (QED) is 0.148. The molecule has 5 rings (SSSR count). The summed E-state index contributed by atoms with van der Waals surface area (Å²) < 4.78 is 17.0. The van der Waals surface area contributed by atoms with Gasteiger partial charge in [-0.2, -0.15) is 0 Å². The number of ether oxygens (including phenoxy) is 3. The van der Waals surface area contributed by atoms with E-state index in [9.17, 15) is 14.4 Å². The van der Waals surface area contributed by atoms with Crippen LogP contribution in [0.2, 0.25) is 5.02 Å². The average molecular weight is 608 g/mol. The van der Waals surface area contributed by atoms with Crippen molar-refractivity contribution in [3.63, 3.8) is 0 Å². The number of nitrogens with zero attached hydrogens (tertiary/aromatic N) is 1. The van der Waals surface area contributed by atoms with E-state index in [0.29, 0.717) is 29.4 Å². The standard InChI is InChI=1S/C36H30ClNO6/c1-42-30-22-31(38(23-25-12-6-3-7-13-25)24-26-14-8-4-9-15-26)36(28-18-20-29(37)21-19-28,33(39)32(30)35(41)43-2)44-34(40)27-16-10-5-11-17-27/h3-22H,23-24H2,1-2H3. The summed E-state index contributed by atoms with van der Waals surface area (Å²) in [5.41, 5.74) is 0.208. The molecule has 1 aliphatic carbocycles. The number of benzene rings is 4. The maximum Gasteiger partial charge on any atom is 0.345 e. The molecule has 44 heavy (non-hydrogen) atoms. The number of carbonyl (C=O) groups excluding carboxylic acids is 3. The first kappa shape index (κ1) is 30.3. The molecule has 1 atom stereocenters. The van der Waals surface area contributed by atoms with Gasteiger partial charge in [0.15, 0.2) is 0 Å². The molecule has 0 heterocycles. The highest BCUT2D eigenvalue weighted by Gasteiger charge is 2.55. The van der Waals surface area contributed by atoms with Crippen LogP contribution in [0.5, 0.6) is 0 Å². The van der Waals surface area contributed by atoms with Crippen LogP contribution in [0.15, 0.2) is 138 Å². The van der Waals surface area contributed by atoms with Gasteiger partial charge >= 0.3 is 11.9 Å². The van der Waals surface area contributed by atoms with Crippen molar-refractivity contribution in [2.75, 3.05) is 14.2 Å². The van der Waals surface area contributed by atoms with Crippen molar-refractivity contribution in [3.8, 4) is 0 Å². The van der Waals surface area contributed by atoms with Crippen molar-refractivity contribution in [2.24, 2.45) is 0 Å². The number of esters is 2. The molecule has 8 heteroatoms. The van der Waals surface area contributed by atoms with Gasteiger partial charge in [-0.1, -0.05) is 103 Å². The molecule has 0 aromatic heterocycles. The second kappa shape index (κ2) is 13.4. The highest BCUT2D eigenvalue weighted by atomic mass is 35.5. The van der Waals surface area contributed by atoms with E-state index in [2.05, 4.69) is 0 Å². The van der Waals surface area contributed by atoms with Gasteiger partial charge in [-0.25, -0.2) is 9.59 Å². The van der Waals surface area contributed by atoms with Crippen LogP contribution in [0, 0.1) is 0 Å². The summed E-state index contributed by atoms with van der Waals surface area (Å²) >= 11 is 6.27. The van der Waals surface area contributed by atoms with Gasteiger partial charge in [-0.3, -0.25) is 4.79 Å². The van der Waals surface area contributed by atoms with Crippen LogP contribution in [-0.2, 0) is 42.5 Å². The molecular formula is C36H30ClNO6. The van der Waals surface area contributed by atoms with Crippen molar-refractivity contribution < 1.29 is 28.6 Å². The van der Waals surface area contributed by atoms with E-state index in [4.69, 9.17) is 25.8 Å². The Kier molecular flexibility index (Phi) is 9.26. The Bertz CT molecular complexity index is 1660. The molecule has 1 unspecified atom stereocenters. The van der Waals surface area contributed by atoms with Gasteiger partial charge in [-0.05, 0) is 35.4 Å². The number of halogens is 1. The average Bonchev–Trinajstić information content (AvgIpc) is 3.06. The van der Waals surface area contributed by atoms with E-state index in [1.807, 2.05) is 65.6 Å². The normalized spacial score (nSPS) is 16.2. The number of methoxy groups -OCH3 is 2. The van der Waals surface area contributed by atoms with Gasteiger partial charge in [0.1, 0.15) is 11.3 Å². The molecule has 0 radical (unpaired) electrons. The first-order valence-electron chi connectivity index (χ1n) is 13.9. The zero-order valence-electron chi connectivity index (χ0n) is 24.2. The number of rotatable bonds is 10. The second-order valence-corrected chi connectivity index (χ2v) is 10.5. The lowest BCUT2D eigenvalue weighted by atomic mass is 9.77. The summed E-state index contributed by atoms with van der Waals surface area (Å²) in [5, 5.41) is 0.416. The van der Waals surface area contributed by atoms with Crippen LogP contribution < -0.4 is 0 Å². The summed E-state index contributed by atoms with van der Waals surface area (Å²) in [6.45, 7) is 0.662. The molecule has 7 nitrogen and oxygen atoms in total. The Morgan fingerprint density at radius 1 is 0.727 bits per heavy atom. The second-order valence-electron chi connectivity index (χ2n) is 10.1. The van der Waals surface area contributed by atoms with E-state index in [1.54, 1.807) is 60.7 Å². The Morgan fingerprint density at radius 3 is 1.75 bits per heavy atom. The molecule has 0 amide bonds. The third-order valence-electron chi connectivity index (χ3n) is 7.31.